The van der Waals surface area contributed by atoms with E-state index in [0.29, 0.717) is 0 Å². The Morgan fingerprint density at radius 2 is 2.15 bits per heavy atom. The van der Waals surface area contributed by atoms with Crippen LogP contribution in [0.4, 0.5) is 0 Å². The van der Waals surface area contributed by atoms with Crippen molar-refractivity contribution < 1.29 is 0 Å². The highest BCUT2D eigenvalue weighted by Gasteiger charge is 2.15. The molecule has 0 fully saturated rings. The van der Waals surface area contributed by atoms with E-state index in [1.807, 2.05) is 0 Å². The SMILES string of the molecule is C#CCCCN1CCC(Cl)=C(Cl)C1. The van der Waals surface area contributed by atoms with E-state index in [1.165, 1.54) is 0 Å². The topological polar surface area (TPSA) is 3.24 Å². The zero-order chi connectivity index (χ0) is 9.68. The standard InChI is InChI=1S/C10H13Cl2N/c1-2-3-4-6-13-7-5-9(11)10(12)8-13/h1H,3-8H2. The molecule has 1 aliphatic rings. The minimum absolute atomic E-state index is 0.783. The molecule has 0 saturated carbocycles. The van der Waals surface area contributed by atoms with E-state index in [9.17, 15) is 0 Å². The molecule has 13 heavy (non-hydrogen) atoms. The molecule has 0 saturated heterocycles. The Hall–Kier alpha value is -0.160. The Labute approximate surface area is 89.7 Å². The van der Waals surface area contributed by atoms with Gasteiger partial charge in [-0.1, -0.05) is 23.2 Å². The lowest BCUT2D eigenvalue weighted by Crippen LogP contribution is -2.30. The summed E-state index contributed by atoms with van der Waals surface area (Å²) in [5.41, 5.74) is 0. The zero-order valence-electron chi connectivity index (χ0n) is 7.52. The fourth-order valence-corrected chi connectivity index (χ4v) is 1.76. The van der Waals surface area contributed by atoms with Crippen molar-refractivity contribution in [2.24, 2.45) is 0 Å². The molecule has 3 heteroatoms. The Morgan fingerprint density at radius 3 is 2.77 bits per heavy atom. The van der Waals surface area contributed by atoms with Crippen molar-refractivity contribution in [3.63, 3.8) is 0 Å². The lowest BCUT2D eigenvalue weighted by Gasteiger charge is -2.26. The van der Waals surface area contributed by atoms with Gasteiger partial charge in [0.25, 0.3) is 0 Å². The second-order valence-corrected chi connectivity index (χ2v) is 4.06. The molecule has 0 unspecified atom stereocenters. The molecule has 0 atom stereocenters. The number of hydrogen-bond donors (Lipinski definition) is 0. The van der Waals surface area contributed by atoms with E-state index in [1.54, 1.807) is 0 Å². The molecule has 0 radical (unpaired) electrons. The molecular weight excluding hydrogens is 205 g/mol. The second kappa shape index (κ2) is 5.54. The summed E-state index contributed by atoms with van der Waals surface area (Å²) in [5.74, 6) is 2.63. The van der Waals surface area contributed by atoms with E-state index in [4.69, 9.17) is 29.6 Å². The van der Waals surface area contributed by atoms with E-state index in [-0.39, 0.29) is 0 Å². The maximum absolute atomic E-state index is 5.94. The van der Waals surface area contributed by atoms with Crippen molar-refractivity contribution in [3.05, 3.63) is 10.1 Å². The van der Waals surface area contributed by atoms with Gasteiger partial charge in [-0.3, -0.25) is 4.90 Å². The average molecular weight is 218 g/mol. The first kappa shape index (κ1) is 10.9. The summed E-state index contributed by atoms with van der Waals surface area (Å²) in [6.45, 7) is 2.80. The third kappa shape index (κ3) is 3.60. The van der Waals surface area contributed by atoms with Crippen LogP contribution in [0.15, 0.2) is 10.1 Å². The highest BCUT2D eigenvalue weighted by Crippen LogP contribution is 2.23. The fraction of sp³-hybridized carbons (Fsp3) is 0.600. The molecule has 0 aromatic heterocycles. The van der Waals surface area contributed by atoms with Crippen LogP contribution in [0.25, 0.3) is 0 Å². The van der Waals surface area contributed by atoms with Gasteiger partial charge in [0.2, 0.25) is 0 Å². The van der Waals surface area contributed by atoms with Gasteiger partial charge in [0.15, 0.2) is 0 Å². The molecule has 0 aromatic carbocycles. The molecule has 1 aliphatic heterocycles. The van der Waals surface area contributed by atoms with E-state index in [0.717, 1.165) is 49.0 Å². The molecule has 1 heterocycles. The number of rotatable bonds is 3. The maximum Gasteiger partial charge on any atom is 0.0466 e. The van der Waals surface area contributed by atoms with E-state index >= 15 is 0 Å². The number of unbranched alkanes of at least 4 members (excludes halogenated alkanes) is 1. The second-order valence-electron chi connectivity index (χ2n) is 3.14. The largest absolute Gasteiger partial charge is 0.298 e. The Bertz CT molecular complexity index is 240. The van der Waals surface area contributed by atoms with Crippen molar-refractivity contribution in [1.82, 2.24) is 4.90 Å². The molecular formula is C10H13Cl2N. The minimum Gasteiger partial charge on any atom is -0.298 e. The van der Waals surface area contributed by atoms with Crippen molar-refractivity contribution in [2.75, 3.05) is 19.6 Å². The smallest absolute Gasteiger partial charge is 0.0466 e. The Morgan fingerprint density at radius 1 is 1.38 bits per heavy atom. The summed E-state index contributed by atoms with van der Waals surface area (Å²) in [4.78, 5) is 2.28. The van der Waals surface area contributed by atoms with Gasteiger partial charge in [-0.25, -0.2) is 0 Å². The van der Waals surface area contributed by atoms with Crippen LogP contribution in [0.5, 0.6) is 0 Å². The van der Waals surface area contributed by atoms with E-state index < -0.39 is 0 Å². The molecule has 72 valence electrons. The van der Waals surface area contributed by atoms with Crippen LogP contribution in [0.1, 0.15) is 19.3 Å². The summed E-state index contributed by atoms with van der Waals surface area (Å²) in [7, 11) is 0. The van der Waals surface area contributed by atoms with Crippen LogP contribution >= 0.6 is 23.2 Å². The number of terminal acetylenes is 1. The molecule has 0 aromatic rings. The van der Waals surface area contributed by atoms with Crippen LogP contribution in [-0.2, 0) is 0 Å². The third-order valence-electron chi connectivity index (χ3n) is 2.10. The molecule has 0 amide bonds. The molecule has 1 rings (SSSR count). The lowest BCUT2D eigenvalue weighted by molar-refractivity contribution is 0.291. The van der Waals surface area contributed by atoms with Gasteiger partial charge in [-0.2, -0.15) is 0 Å². The molecule has 0 N–H and O–H groups in total. The van der Waals surface area contributed by atoms with Gasteiger partial charge in [0.05, 0.1) is 0 Å². The van der Waals surface area contributed by atoms with Crippen LogP contribution in [0.3, 0.4) is 0 Å². The van der Waals surface area contributed by atoms with Crippen molar-refractivity contribution in [3.8, 4) is 12.3 Å². The summed E-state index contributed by atoms with van der Waals surface area (Å²) in [5, 5.41) is 1.60. The van der Waals surface area contributed by atoms with Crippen LogP contribution in [0, 0.1) is 12.3 Å². The molecule has 0 spiro atoms. The Balaban J connectivity index is 2.29. The number of halogens is 2. The normalized spacial score (nSPS) is 18.8. The van der Waals surface area contributed by atoms with E-state index in [2.05, 4.69) is 10.8 Å². The highest BCUT2D eigenvalue weighted by atomic mass is 35.5. The first-order valence-corrected chi connectivity index (χ1v) is 5.18. The molecule has 1 nitrogen and oxygen atoms in total. The predicted octanol–water partition coefficient (Wildman–Crippen LogP) is 2.79. The predicted molar refractivity (Wildman–Crippen MR) is 57.9 cm³/mol. The van der Waals surface area contributed by atoms with Gasteiger partial charge >= 0.3 is 0 Å². The summed E-state index contributed by atoms with van der Waals surface area (Å²) >= 11 is 11.8. The Kier molecular flexibility index (Phi) is 4.66. The van der Waals surface area contributed by atoms with Crippen LogP contribution < -0.4 is 0 Å². The molecule has 0 bridgehead atoms. The lowest BCUT2D eigenvalue weighted by atomic mass is 10.2. The molecule has 0 aliphatic carbocycles. The van der Waals surface area contributed by atoms with Gasteiger partial charge in [-0.15, -0.1) is 12.3 Å². The average Bonchev–Trinajstić information content (AvgIpc) is 2.12. The quantitative estimate of drug-likeness (QED) is 0.520. The zero-order valence-corrected chi connectivity index (χ0v) is 9.03. The number of hydrogen-bond acceptors (Lipinski definition) is 1. The number of nitrogens with zero attached hydrogens (tertiary/aromatic N) is 1. The highest BCUT2D eigenvalue weighted by molar-refractivity contribution is 6.39. The monoisotopic (exact) mass is 217 g/mol. The van der Waals surface area contributed by atoms with Gasteiger partial charge in [0, 0.05) is 29.6 Å². The first-order chi connectivity index (χ1) is 6.24. The maximum atomic E-state index is 5.94. The first-order valence-electron chi connectivity index (χ1n) is 4.43. The van der Waals surface area contributed by atoms with Gasteiger partial charge in [-0.05, 0) is 19.4 Å². The van der Waals surface area contributed by atoms with Crippen LogP contribution in [-0.4, -0.2) is 24.5 Å². The minimum atomic E-state index is 0.783. The summed E-state index contributed by atoms with van der Waals surface area (Å²) in [6.07, 6.45) is 7.92. The summed E-state index contributed by atoms with van der Waals surface area (Å²) in [6, 6.07) is 0. The van der Waals surface area contributed by atoms with Crippen molar-refractivity contribution in [2.45, 2.75) is 19.3 Å². The van der Waals surface area contributed by atoms with Crippen molar-refractivity contribution >= 4 is 23.2 Å². The van der Waals surface area contributed by atoms with Crippen LogP contribution in [0.2, 0.25) is 0 Å². The van der Waals surface area contributed by atoms with Crippen molar-refractivity contribution in [1.29, 1.82) is 0 Å². The fourth-order valence-electron chi connectivity index (χ4n) is 1.35. The third-order valence-corrected chi connectivity index (χ3v) is 2.96. The summed E-state index contributed by atoms with van der Waals surface area (Å²) < 4.78 is 0. The van der Waals surface area contributed by atoms with Gasteiger partial charge < -0.3 is 0 Å². The van der Waals surface area contributed by atoms with Gasteiger partial charge in [0.1, 0.15) is 0 Å².